The standard InChI is InChI=1S/C22H21N3O4S/c1-14(22(29)25-17-12-15-4-2-3-5-19(15)23-13-17)30-18-8-6-16(7-9-18)24-20(26)10-11-21(27)28/h2-9,12-14H,10-11H2,1H3,(H,24,26)(H,25,29)(H,27,28)/t14-/m1/s1. The third-order valence-corrected chi connectivity index (χ3v) is 5.36. The van der Waals surface area contributed by atoms with Gasteiger partial charge in [-0.15, -0.1) is 11.8 Å². The number of carboxylic acids is 1. The highest BCUT2D eigenvalue weighted by Crippen LogP contribution is 2.26. The second-order valence-electron chi connectivity index (χ2n) is 6.63. The number of aliphatic carboxylic acids is 1. The van der Waals surface area contributed by atoms with E-state index in [1.807, 2.05) is 37.3 Å². The zero-order valence-corrected chi connectivity index (χ0v) is 17.1. The van der Waals surface area contributed by atoms with E-state index in [4.69, 9.17) is 5.11 Å². The molecule has 0 unspecified atom stereocenters. The largest absolute Gasteiger partial charge is 0.481 e. The van der Waals surface area contributed by atoms with Crippen molar-refractivity contribution in [2.75, 3.05) is 10.6 Å². The zero-order chi connectivity index (χ0) is 21.5. The van der Waals surface area contributed by atoms with Crippen LogP contribution in [0, 0.1) is 0 Å². The number of para-hydroxylation sites is 1. The number of nitrogens with one attached hydrogen (secondary N) is 2. The molecule has 0 bridgehead atoms. The lowest BCUT2D eigenvalue weighted by molar-refractivity contribution is -0.138. The van der Waals surface area contributed by atoms with E-state index in [0.717, 1.165) is 15.8 Å². The number of amides is 2. The van der Waals surface area contributed by atoms with Gasteiger partial charge in [-0.1, -0.05) is 18.2 Å². The Kier molecular flexibility index (Phi) is 7.03. The van der Waals surface area contributed by atoms with Gasteiger partial charge in [0.1, 0.15) is 0 Å². The van der Waals surface area contributed by atoms with Gasteiger partial charge in [0.2, 0.25) is 11.8 Å². The van der Waals surface area contributed by atoms with E-state index in [-0.39, 0.29) is 29.9 Å². The van der Waals surface area contributed by atoms with E-state index in [1.165, 1.54) is 11.8 Å². The molecule has 0 aliphatic carbocycles. The second-order valence-corrected chi connectivity index (χ2v) is 8.05. The Bertz CT molecular complexity index is 1070. The average molecular weight is 423 g/mol. The lowest BCUT2D eigenvalue weighted by Gasteiger charge is -2.13. The van der Waals surface area contributed by atoms with Crippen molar-refractivity contribution in [3.8, 4) is 0 Å². The van der Waals surface area contributed by atoms with Crippen LogP contribution < -0.4 is 10.6 Å². The molecule has 3 aromatic rings. The van der Waals surface area contributed by atoms with Crippen molar-refractivity contribution in [1.82, 2.24) is 4.98 Å². The summed E-state index contributed by atoms with van der Waals surface area (Å²) in [6, 6.07) is 16.6. The highest BCUT2D eigenvalue weighted by Gasteiger charge is 2.15. The molecule has 2 aromatic carbocycles. The second kappa shape index (κ2) is 9.89. The molecule has 1 aromatic heterocycles. The van der Waals surface area contributed by atoms with Crippen LogP contribution in [-0.2, 0) is 14.4 Å². The minimum absolute atomic E-state index is 0.0767. The maximum absolute atomic E-state index is 12.5. The first-order valence-electron chi connectivity index (χ1n) is 9.35. The van der Waals surface area contributed by atoms with Crippen LogP contribution in [0.3, 0.4) is 0 Å². The first-order chi connectivity index (χ1) is 14.4. The molecule has 3 N–H and O–H groups in total. The van der Waals surface area contributed by atoms with Crippen molar-refractivity contribution in [3.05, 3.63) is 60.8 Å². The van der Waals surface area contributed by atoms with Gasteiger partial charge in [0, 0.05) is 22.4 Å². The lowest BCUT2D eigenvalue weighted by atomic mass is 10.2. The number of aromatic nitrogens is 1. The fourth-order valence-corrected chi connectivity index (χ4v) is 3.57. The number of rotatable bonds is 8. The van der Waals surface area contributed by atoms with Crippen LogP contribution in [0.1, 0.15) is 19.8 Å². The highest BCUT2D eigenvalue weighted by molar-refractivity contribution is 8.00. The topological polar surface area (TPSA) is 108 Å². The van der Waals surface area contributed by atoms with Crippen LogP contribution >= 0.6 is 11.8 Å². The molecule has 3 rings (SSSR count). The molecule has 154 valence electrons. The Morgan fingerprint density at radius 1 is 1.00 bits per heavy atom. The number of pyridine rings is 1. The molecule has 0 aliphatic rings. The third kappa shape index (κ3) is 6.05. The zero-order valence-electron chi connectivity index (χ0n) is 16.3. The summed E-state index contributed by atoms with van der Waals surface area (Å²) in [6.45, 7) is 1.82. The van der Waals surface area contributed by atoms with E-state index in [1.54, 1.807) is 30.5 Å². The summed E-state index contributed by atoms with van der Waals surface area (Å²) in [5, 5.41) is 14.8. The lowest BCUT2D eigenvalue weighted by Crippen LogP contribution is -2.22. The number of fused-ring (bicyclic) bond motifs is 1. The van der Waals surface area contributed by atoms with Crippen LogP contribution in [0.5, 0.6) is 0 Å². The van der Waals surface area contributed by atoms with Crippen molar-refractivity contribution in [3.63, 3.8) is 0 Å². The molecule has 1 atom stereocenters. The monoisotopic (exact) mass is 423 g/mol. The summed E-state index contributed by atoms with van der Waals surface area (Å²) >= 11 is 1.39. The molecule has 2 amide bonds. The fraction of sp³-hybridized carbons (Fsp3) is 0.182. The van der Waals surface area contributed by atoms with Gasteiger partial charge in [0.05, 0.1) is 29.1 Å². The third-order valence-electron chi connectivity index (χ3n) is 4.24. The highest BCUT2D eigenvalue weighted by atomic mass is 32.2. The Hall–Kier alpha value is -3.39. The molecule has 0 fully saturated rings. The molecule has 8 heteroatoms. The maximum Gasteiger partial charge on any atom is 0.303 e. The first-order valence-corrected chi connectivity index (χ1v) is 10.2. The number of carbonyl (C=O) groups excluding carboxylic acids is 2. The number of anilines is 2. The van der Waals surface area contributed by atoms with Crippen molar-refractivity contribution in [1.29, 1.82) is 0 Å². The number of carbonyl (C=O) groups is 3. The number of nitrogens with zero attached hydrogens (tertiary/aromatic N) is 1. The molecule has 0 aliphatic heterocycles. The van der Waals surface area contributed by atoms with Crippen molar-refractivity contribution >= 4 is 51.8 Å². The summed E-state index contributed by atoms with van der Waals surface area (Å²) in [4.78, 5) is 39.9. The predicted molar refractivity (Wildman–Crippen MR) is 118 cm³/mol. The van der Waals surface area contributed by atoms with E-state index >= 15 is 0 Å². The SMILES string of the molecule is C[C@@H](Sc1ccc(NC(=O)CCC(=O)O)cc1)C(=O)Nc1cnc2ccccc2c1. The number of carboxylic acid groups (broad SMARTS) is 1. The van der Waals surface area contributed by atoms with Crippen molar-refractivity contribution in [2.24, 2.45) is 0 Å². The van der Waals surface area contributed by atoms with E-state index in [9.17, 15) is 14.4 Å². The normalized spacial score (nSPS) is 11.6. The van der Waals surface area contributed by atoms with Gasteiger partial charge in [-0.25, -0.2) is 0 Å². The Balaban J connectivity index is 1.54. The summed E-state index contributed by atoms with van der Waals surface area (Å²) in [5.41, 5.74) is 2.09. The van der Waals surface area contributed by atoms with Gasteiger partial charge < -0.3 is 15.7 Å². The summed E-state index contributed by atoms with van der Waals surface area (Å²) in [6.07, 6.45) is 1.35. The van der Waals surface area contributed by atoms with Gasteiger partial charge in [0.15, 0.2) is 0 Å². The molecule has 1 heterocycles. The summed E-state index contributed by atoms with van der Waals surface area (Å²) in [7, 11) is 0. The van der Waals surface area contributed by atoms with Gasteiger partial charge in [0.25, 0.3) is 0 Å². The molecular weight excluding hydrogens is 402 g/mol. The average Bonchev–Trinajstić information content (AvgIpc) is 2.73. The number of thioether (sulfide) groups is 1. The minimum Gasteiger partial charge on any atom is -0.481 e. The molecule has 0 spiro atoms. The van der Waals surface area contributed by atoms with Gasteiger partial charge in [-0.05, 0) is 43.3 Å². The molecule has 0 saturated heterocycles. The van der Waals surface area contributed by atoms with E-state index in [2.05, 4.69) is 15.6 Å². The van der Waals surface area contributed by atoms with Crippen LogP contribution in [0.4, 0.5) is 11.4 Å². The minimum atomic E-state index is -1.01. The Labute approximate surface area is 177 Å². The smallest absolute Gasteiger partial charge is 0.303 e. The van der Waals surface area contributed by atoms with Crippen molar-refractivity contribution < 1.29 is 19.5 Å². The quantitative estimate of drug-likeness (QED) is 0.470. The fourth-order valence-electron chi connectivity index (χ4n) is 2.70. The molecule has 0 saturated carbocycles. The van der Waals surface area contributed by atoms with Crippen LogP contribution in [0.2, 0.25) is 0 Å². The van der Waals surface area contributed by atoms with Gasteiger partial charge in [-0.3, -0.25) is 19.4 Å². The van der Waals surface area contributed by atoms with Crippen LogP contribution in [0.25, 0.3) is 10.9 Å². The maximum atomic E-state index is 12.5. The van der Waals surface area contributed by atoms with E-state index in [0.29, 0.717) is 11.4 Å². The Morgan fingerprint density at radius 2 is 1.73 bits per heavy atom. The first kappa shape index (κ1) is 21.3. The molecule has 7 nitrogen and oxygen atoms in total. The number of benzene rings is 2. The summed E-state index contributed by atoms with van der Waals surface area (Å²) < 4.78 is 0. The molecular formula is C22H21N3O4S. The van der Waals surface area contributed by atoms with E-state index < -0.39 is 5.97 Å². The Morgan fingerprint density at radius 3 is 2.47 bits per heavy atom. The number of hydrogen-bond donors (Lipinski definition) is 3. The van der Waals surface area contributed by atoms with Gasteiger partial charge in [-0.2, -0.15) is 0 Å². The van der Waals surface area contributed by atoms with Crippen LogP contribution in [-0.4, -0.2) is 33.1 Å². The van der Waals surface area contributed by atoms with Crippen LogP contribution in [0.15, 0.2) is 65.7 Å². The molecule has 30 heavy (non-hydrogen) atoms. The van der Waals surface area contributed by atoms with Crippen molar-refractivity contribution in [2.45, 2.75) is 29.9 Å². The summed E-state index contributed by atoms with van der Waals surface area (Å²) in [5.74, 6) is -1.50. The predicted octanol–water partition coefficient (Wildman–Crippen LogP) is 4.16. The van der Waals surface area contributed by atoms with Gasteiger partial charge >= 0.3 is 5.97 Å². The number of hydrogen-bond acceptors (Lipinski definition) is 5. The molecule has 0 radical (unpaired) electrons.